The normalized spacial score (nSPS) is 11.0. The zero-order chi connectivity index (χ0) is 7.49. The van der Waals surface area contributed by atoms with Crippen molar-refractivity contribution in [3.63, 3.8) is 0 Å². The Labute approximate surface area is 56.8 Å². The summed E-state index contributed by atoms with van der Waals surface area (Å²) >= 11 is 0. The molecule has 0 radical (unpaired) electrons. The Balaban J connectivity index is 4.00. The van der Waals surface area contributed by atoms with Crippen LogP contribution in [0.1, 0.15) is 27.2 Å². The summed E-state index contributed by atoms with van der Waals surface area (Å²) in [5.74, 6) is 0. The first-order valence-corrected chi connectivity index (χ1v) is 3.10. The molecule has 0 aliphatic carbocycles. The second-order valence-electron chi connectivity index (χ2n) is 3.04. The number of allylic oxidation sites excluding steroid dienone is 1. The molecule has 52 valence electrons. The standard InChI is InChI=1S/C8H14O/c1-7(2)8(3,4)5-6-9/h6H,1,5H2,2-4H3. The van der Waals surface area contributed by atoms with Gasteiger partial charge in [0.15, 0.2) is 0 Å². The molecule has 0 unspecified atom stereocenters. The molecule has 0 heterocycles. The van der Waals surface area contributed by atoms with Crippen LogP contribution in [0, 0.1) is 5.41 Å². The van der Waals surface area contributed by atoms with Gasteiger partial charge in [0, 0.05) is 6.42 Å². The average molecular weight is 126 g/mol. The molecule has 0 saturated heterocycles. The molecule has 0 rings (SSSR count). The van der Waals surface area contributed by atoms with E-state index in [1.807, 2.05) is 20.8 Å². The van der Waals surface area contributed by atoms with Crippen molar-refractivity contribution < 1.29 is 4.79 Å². The maximum atomic E-state index is 10.1. The fraction of sp³-hybridized carbons (Fsp3) is 0.625. The van der Waals surface area contributed by atoms with Crippen molar-refractivity contribution in [2.45, 2.75) is 27.2 Å². The van der Waals surface area contributed by atoms with Crippen molar-refractivity contribution in [3.8, 4) is 0 Å². The Hall–Kier alpha value is -0.590. The third-order valence-corrected chi connectivity index (χ3v) is 1.75. The van der Waals surface area contributed by atoms with Gasteiger partial charge >= 0.3 is 0 Å². The minimum Gasteiger partial charge on any atom is -0.303 e. The van der Waals surface area contributed by atoms with E-state index in [1.165, 1.54) is 0 Å². The lowest BCUT2D eigenvalue weighted by molar-refractivity contribution is -0.109. The number of carbonyl (C=O) groups is 1. The highest BCUT2D eigenvalue weighted by atomic mass is 16.1. The molecule has 0 bridgehead atoms. The Morgan fingerprint density at radius 2 is 2.11 bits per heavy atom. The molecule has 0 aromatic heterocycles. The molecule has 0 aromatic rings. The second kappa shape index (κ2) is 2.81. The van der Waals surface area contributed by atoms with Gasteiger partial charge in [-0.05, 0) is 12.3 Å². The largest absolute Gasteiger partial charge is 0.303 e. The van der Waals surface area contributed by atoms with E-state index in [2.05, 4.69) is 6.58 Å². The molecule has 0 saturated carbocycles. The van der Waals surface area contributed by atoms with E-state index in [0.717, 1.165) is 11.9 Å². The number of carbonyl (C=O) groups excluding carboxylic acids is 1. The lowest BCUT2D eigenvalue weighted by atomic mass is 9.83. The summed E-state index contributed by atoms with van der Waals surface area (Å²) in [7, 11) is 0. The quantitative estimate of drug-likeness (QED) is 0.418. The van der Waals surface area contributed by atoms with Crippen LogP contribution in [0.5, 0.6) is 0 Å². The molecule has 0 aliphatic heterocycles. The Morgan fingerprint density at radius 1 is 1.67 bits per heavy atom. The first kappa shape index (κ1) is 8.41. The van der Waals surface area contributed by atoms with Crippen molar-refractivity contribution in [1.29, 1.82) is 0 Å². The molecule has 9 heavy (non-hydrogen) atoms. The van der Waals surface area contributed by atoms with Crippen LogP contribution in [-0.2, 0) is 4.79 Å². The van der Waals surface area contributed by atoms with Crippen LogP contribution < -0.4 is 0 Å². The molecule has 0 aliphatic rings. The molecular weight excluding hydrogens is 112 g/mol. The number of hydrogen-bond donors (Lipinski definition) is 0. The number of aldehydes is 1. The van der Waals surface area contributed by atoms with Crippen LogP contribution in [0.25, 0.3) is 0 Å². The van der Waals surface area contributed by atoms with E-state index >= 15 is 0 Å². The van der Waals surface area contributed by atoms with Crippen molar-refractivity contribution in [2.75, 3.05) is 0 Å². The molecule has 0 amide bonds. The Kier molecular flexibility index (Phi) is 2.63. The summed E-state index contributed by atoms with van der Waals surface area (Å²) in [6.45, 7) is 9.77. The third-order valence-electron chi connectivity index (χ3n) is 1.75. The van der Waals surface area contributed by atoms with Gasteiger partial charge in [-0.15, -0.1) is 0 Å². The minimum absolute atomic E-state index is 0.0122. The van der Waals surface area contributed by atoms with Crippen LogP contribution in [0.3, 0.4) is 0 Å². The SMILES string of the molecule is C=C(C)C(C)(C)CC=O. The molecule has 0 fully saturated rings. The summed E-state index contributed by atoms with van der Waals surface area (Å²) in [5.41, 5.74) is 1.05. The van der Waals surface area contributed by atoms with E-state index in [9.17, 15) is 4.79 Å². The Morgan fingerprint density at radius 3 is 2.22 bits per heavy atom. The highest BCUT2D eigenvalue weighted by Gasteiger charge is 2.16. The van der Waals surface area contributed by atoms with Gasteiger partial charge in [0.05, 0.1) is 0 Å². The summed E-state index contributed by atoms with van der Waals surface area (Å²) < 4.78 is 0. The summed E-state index contributed by atoms with van der Waals surface area (Å²) in [5, 5.41) is 0. The fourth-order valence-electron chi connectivity index (χ4n) is 0.383. The van der Waals surface area contributed by atoms with Crippen LogP contribution >= 0.6 is 0 Å². The van der Waals surface area contributed by atoms with Gasteiger partial charge in [0.2, 0.25) is 0 Å². The molecule has 1 heteroatoms. The topological polar surface area (TPSA) is 17.1 Å². The lowest BCUT2D eigenvalue weighted by Gasteiger charge is -2.21. The van der Waals surface area contributed by atoms with Gasteiger partial charge in [-0.2, -0.15) is 0 Å². The molecule has 0 atom stereocenters. The molecule has 1 nitrogen and oxygen atoms in total. The van der Waals surface area contributed by atoms with Gasteiger partial charge < -0.3 is 4.79 Å². The van der Waals surface area contributed by atoms with Crippen molar-refractivity contribution >= 4 is 6.29 Å². The van der Waals surface area contributed by atoms with Gasteiger partial charge in [-0.1, -0.05) is 26.0 Å². The number of hydrogen-bond acceptors (Lipinski definition) is 1. The monoisotopic (exact) mass is 126 g/mol. The predicted molar refractivity (Wildman–Crippen MR) is 39.3 cm³/mol. The van der Waals surface area contributed by atoms with Crippen molar-refractivity contribution in [3.05, 3.63) is 12.2 Å². The highest BCUT2D eigenvalue weighted by molar-refractivity contribution is 5.51. The van der Waals surface area contributed by atoms with E-state index in [1.54, 1.807) is 0 Å². The first-order valence-electron chi connectivity index (χ1n) is 3.10. The van der Waals surface area contributed by atoms with E-state index in [-0.39, 0.29) is 5.41 Å². The molecule has 0 N–H and O–H groups in total. The lowest BCUT2D eigenvalue weighted by Crippen LogP contribution is -2.12. The van der Waals surface area contributed by atoms with Crippen molar-refractivity contribution in [2.24, 2.45) is 5.41 Å². The summed E-state index contributed by atoms with van der Waals surface area (Å²) in [4.78, 5) is 10.1. The van der Waals surface area contributed by atoms with Crippen LogP contribution in [0.15, 0.2) is 12.2 Å². The predicted octanol–water partition coefficient (Wildman–Crippen LogP) is 2.18. The van der Waals surface area contributed by atoms with Gasteiger partial charge in [-0.25, -0.2) is 0 Å². The highest BCUT2D eigenvalue weighted by Crippen LogP contribution is 2.26. The average Bonchev–Trinajstić information content (AvgIpc) is 1.65. The maximum Gasteiger partial charge on any atom is 0.120 e. The second-order valence-corrected chi connectivity index (χ2v) is 3.04. The van der Waals surface area contributed by atoms with E-state index in [0.29, 0.717) is 6.42 Å². The van der Waals surface area contributed by atoms with Gasteiger partial charge in [0.25, 0.3) is 0 Å². The summed E-state index contributed by atoms with van der Waals surface area (Å²) in [6, 6.07) is 0. The minimum atomic E-state index is -0.0122. The molecular formula is C8H14O. The smallest absolute Gasteiger partial charge is 0.120 e. The van der Waals surface area contributed by atoms with Crippen LogP contribution in [0.2, 0.25) is 0 Å². The first-order chi connectivity index (χ1) is 4.00. The fourth-order valence-corrected chi connectivity index (χ4v) is 0.383. The third kappa shape index (κ3) is 2.45. The van der Waals surface area contributed by atoms with Crippen LogP contribution in [-0.4, -0.2) is 6.29 Å². The molecule has 0 aromatic carbocycles. The van der Waals surface area contributed by atoms with Gasteiger partial charge in [0.1, 0.15) is 6.29 Å². The van der Waals surface area contributed by atoms with Crippen molar-refractivity contribution in [1.82, 2.24) is 0 Å². The maximum absolute atomic E-state index is 10.1. The molecule has 0 spiro atoms. The zero-order valence-corrected chi connectivity index (χ0v) is 6.40. The van der Waals surface area contributed by atoms with Crippen LogP contribution in [0.4, 0.5) is 0 Å². The number of rotatable bonds is 3. The summed E-state index contributed by atoms with van der Waals surface area (Å²) in [6.07, 6.45) is 1.51. The Bertz CT molecular complexity index is 123. The van der Waals surface area contributed by atoms with E-state index in [4.69, 9.17) is 0 Å². The zero-order valence-electron chi connectivity index (χ0n) is 6.40. The van der Waals surface area contributed by atoms with E-state index < -0.39 is 0 Å². The van der Waals surface area contributed by atoms with Gasteiger partial charge in [-0.3, -0.25) is 0 Å².